The van der Waals surface area contributed by atoms with Gasteiger partial charge in [0, 0.05) is 6.42 Å². The molecule has 0 saturated heterocycles. The number of hydrogen-bond acceptors (Lipinski definition) is 1. The molecule has 0 N–H and O–H groups in total. The molecule has 1 aromatic carbocycles. The number of rotatable bonds is 7. The summed E-state index contributed by atoms with van der Waals surface area (Å²) in [7, 11) is 0. The van der Waals surface area contributed by atoms with Crippen LogP contribution in [0.15, 0.2) is 18.2 Å². The van der Waals surface area contributed by atoms with Crippen molar-refractivity contribution in [3.8, 4) is 5.75 Å². The number of fused-ring (bicyclic) bond motifs is 1. The quantitative estimate of drug-likeness (QED) is 0.628. The van der Waals surface area contributed by atoms with E-state index in [0.29, 0.717) is 0 Å². The highest BCUT2D eigenvalue weighted by Gasteiger charge is 2.14. The van der Waals surface area contributed by atoms with Gasteiger partial charge in [-0.15, -0.1) is 0 Å². The van der Waals surface area contributed by atoms with Gasteiger partial charge in [0.05, 0.1) is 6.61 Å². The highest BCUT2D eigenvalue weighted by atomic mass is 16.5. The molecule has 0 bridgehead atoms. The first-order chi connectivity index (χ1) is 8.42. The molecule has 1 aromatic rings. The Kier molecular flexibility index (Phi) is 4.90. The van der Waals surface area contributed by atoms with Crippen LogP contribution in [-0.4, -0.2) is 6.61 Å². The van der Waals surface area contributed by atoms with E-state index in [1.54, 1.807) is 0 Å². The number of unbranched alkanes of at least 4 members (excludes halogenated alkanes) is 5. The first kappa shape index (κ1) is 12.5. The van der Waals surface area contributed by atoms with Crippen LogP contribution in [-0.2, 0) is 12.8 Å². The van der Waals surface area contributed by atoms with E-state index in [9.17, 15) is 0 Å². The van der Waals surface area contributed by atoms with Gasteiger partial charge in [0.2, 0.25) is 0 Å². The zero-order chi connectivity index (χ0) is 11.9. The van der Waals surface area contributed by atoms with Crippen molar-refractivity contribution >= 4 is 0 Å². The molecule has 1 heterocycles. The molecule has 1 nitrogen and oxygen atoms in total. The molecule has 0 spiro atoms. The third kappa shape index (κ3) is 3.49. The Morgan fingerprint density at radius 3 is 2.76 bits per heavy atom. The van der Waals surface area contributed by atoms with Gasteiger partial charge in [0.1, 0.15) is 5.75 Å². The highest BCUT2D eigenvalue weighted by Crippen LogP contribution is 2.30. The fourth-order valence-electron chi connectivity index (χ4n) is 2.58. The molecular formula is C16H24O. The molecule has 17 heavy (non-hydrogen) atoms. The predicted molar refractivity (Wildman–Crippen MR) is 72.7 cm³/mol. The number of aryl methyl sites for hydroxylation is 1. The molecular weight excluding hydrogens is 208 g/mol. The van der Waals surface area contributed by atoms with Crippen molar-refractivity contribution in [3.63, 3.8) is 0 Å². The van der Waals surface area contributed by atoms with Crippen LogP contribution in [0.1, 0.15) is 56.6 Å². The van der Waals surface area contributed by atoms with E-state index in [4.69, 9.17) is 4.74 Å². The van der Waals surface area contributed by atoms with Crippen molar-refractivity contribution in [2.24, 2.45) is 0 Å². The van der Waals surface area contributed by atoms with Crippen LogP contribution in [0.25, 0.3) is 0 Å². The van der Waals surface area contributed by atoms with E-state index in [2.05, 4.69) is 25.1 Å². The summed E-state index contributed by atoms with van der Waals surface area (Å²) in [6.45, 7) is 3.15. The van der Waals surface area contributed by atoms with Gasteiger partial charge in [-0.25, -0.2) is 0 Å². The standard InChI is InChI=1S/C16H24O/c1-2-3-4-5-6-7-9-14-10-8-11-15-12-13-17-16(14)15/h8,10-11H,2-7,9,12-13H2,1H3. The third-order valence-corrected chi connectivity index (χ3v) is 3.60. The summed E-state index contributed by atoms with van der Waals surface area (Å²) in [6.07, 6.45) is 10.5. The fourth-order valence-corrected chi connectivity index (χ4v) is 2.58. The minimum atomic E-state index is 0.878. The average Bonchev–Trinajstić information content (AvgIpc) is 2.82. The lowest BCUT2D eigenvalue weighted by molar-refractivity contribution is 0.353. The van der Waals surface area contributed by atoms with Crippen molar-refractivity contribution in [1.29, 1.82) is 0 Å². The van der Waals surface area contributed by atoms with Crippen molar-refractivity contribution in [1.82, 2.24) is 0 Å². The van der Waals surface area contributed by atoms with Crippen LogP contribution in [0.3, 0.4) is 0 Å². The summed E-state index contributed by atoms with van der Waals surface area (Å²) >= 11 is 0. The second-order valence-corrected chi connectivity index (χ2v) is 5.02. The number of benzene rings is 1. The van der Waals surface area contributed by atoms with Gasteiger partial charge < -0.3 is 4.74 Å². The first-order valence-electron chi connectivity index (χ1n) is 7.15. The minimum Gasteiger partial charge on any atom is -0.493 e. The maximum Gasteiger partial charge on any atom is 0.125 e. The maximum absolute atomic E-state index is 5.73. The average molecular weight is 232 g/mol. The molecule has 0 unspecified atom stereocenters. The normalized spacial score (nSPS) is 13.5. The Labute approximate surface area is 105 Å². The van der Waals surface area contributed by atoms with Gasteiger partial charge in [-0.2, -0.15) is 0 Å². The summed E-state index contributed by atoms with van der Waals surface area (Å²) < 4.78 is 5.73. The van der Waals surface area contributed by atoms with Crippen LogP contribution >= 0.6 is 0 Å². The van der Waals surface area contributed by atoms with E-state index in [0.717, 1.165) is 13.0 Å². The Bertz CT molecular complexity index is 343. The number of para-hydroxylation sites is 1. The molecule has 0 atom stereocenters. The SMILES string of the molecule is CCCCCCCCc1cccc2c1OCC2. The molecule has 0 saturated carbocycles. The largest absolute Gasteiger partial charge is 0.493 e. The van der Waals surface area contributed by atoms with Crippen molar-refractivity contribution in [2.45, 2.75) is 58.3 Å². The smallest absolute Gasteiger partial charge is 0.125 e. The third-order valence-electron chi connectivity index (χ3n) is 3.60. The van der Waals surface area contributed by atoms with Crippen molar-refractivity contribution in [2.75, 3.05) is 6.61 Å². The lowest BCUT2D eigenvalue weighted by Gasteiger charge is -2.07. The summed E-state index contributed by atoms with van der Waals surface area (Å²) in [6, 6.07) is 6.61. The molecule has 0 aromatic heterocycles. The van der Waals surface area contributed by atoms with Gasteiger partial charge in [-0.3, -0.25) is 0 Å². The summed E-state index contributed by atoms with van der Waals surface area (Å²) in [5, 5.41) is 0. The monoisotopic (exact) mass is 232 g/mol. The molecule has 0 radical (unpaired) electrons. The van der Waals surface area contributed by atoms with Crippen molar-refractivity contribution in [3.05, 3.63) is 29.3 Å². The van der Waals surface area contributed by atoms with Crippen LogP contribution in [0.4, 0.5) is 0 Å². The zero-order valence-corrected chi connectivity index (χ0v) is 11.0. The molecule has 0 amide bonds. The summed E-state index contributed by atoms with van der Waals surface area (Å²) in [5.74, 6) is 1.20. The van der Waals surface area contributed by atoms with E-state index in [1.807, 2.05) is 0 Å². The Hall–Kier alpha value is -0.980. The topological polar surface area (TPSA) is 9.23 Å². The van der Waals surface area contributed by atoms with Crippen LogP contribution < -0.4 is 4.74 Å². The fraction of sp³-hybridized carbons (Fsp3) is 0.625. The lowest BCUT2D eigenvalue weighted by Crippen LogP contribution is -1.92. The Morgan fingerprint density at radius 1 is 1.06 bits per heavy atom. The van der Waals surface area contributed by atoms with E-state index >= 15 is 0 Å². The molecule has 1 aliphatic heterocycles. The van der Waals surface area contributed by atoms with Gasteiger partial charge in [-0.1, -0.05) is 57.2 Å². The van der Waals surface area contributed by atoms with Crippen LogP contribution in [0.5, 0.6) is 5.75 Å². The van der Waals surface area contributed by atoms with Gasteiger partial charge in [-0.05, 0) is 24.0 Å². The molecule has 0 fully saturated rings. The lowest BCUT2D eigenvalue weighted by atomic mass is 10.0. The summed E-state index contributed by atoms with van der Waals surface area (Å²) in [5.41, 5.74) is 2.84. The minimum absolute atomic E-state index is 0.878. The van der Waals surface area contributed by atoms with E-state index in [-0.39, 0.29) is 0 Å². The van der Waals surface area contributed by atoms with E-state index < -0.39 is 0 Å². The van der Waals surface area contributed by atoms with Crippen LogP contribution in [0, 0.1) is 0 Å². The molecule has 94 valence electrons. The van der Waals surface area contributed by atoms with Gasteiger partial charge >= 0.3 is 0 Å². The number of hydrogen-bond donors (Lipinski definition) is 0. The molecule has 1 heteroatoms. The zero-order valence-electron chi connectivity index (χ0n) is 11.0. The number of ether oxygens (including phenoxy) is 1. The van der Waals surface area contributed by atoms with Crippen LogP contribution in [0.2, 0.25) is 0 Å². The summed E-state index contributed by atoms with van der Waals surface area (Å²) in [4.78, 5) is 0. The highest BCUT2D eigenvalue weighted by molar-refractivity contribution is 5.43. The van der Waals surface area contributed by atoms with Gasteiger partial charge in [0.25, 0.3) is 0 Å². The molecule has 2 rings (SSSR count). The maximum atomic E-state index is 5.73. The Morgan fingerprint density at radius 2 is 1.88 bits per heavy atom. The van der Waals surface area contributed by atoms with Crippen molar-refractivity contribution < 1.29 is 4.74 Å². The molecule has 0 aliphatic carbocycles. The first-order valence-corrected chi connectivity index (χ1v) is 7.15. The second kappa shape index (κ2) is 6.68. The molecule has 1 aliphatic rings. The predicted octanol–water partition coefficient (Wildman–Crippen LogP) is 4.52. The van der Waals surface area contributed by atoms with Gasteiger partial charge in [0.15, 0.2) is 0 Å². The Balaban J connectivity index is 1.74. The van der Waals surface area contributed by atoms with E-state index in [1.165, 1.54) is 61.8 Å². The second-order valence-electron chi connectivity index (χ2n) is 5.02.